The monoisotopic (exact) mass is 430 g/mol. The first-order valence-corrected chi connectivity index (χ1v) is 11.1. The van der Waals surface area contributed by atoms with Gasteiger partial charge in [0, 0.05) is 30.4 Å². The Hall–Kier alpha value is -2.38. The Morgan fingerprint density at radius 1 is 1.17 bits per heavy atom. The Morgan fingerprint density at radius 2 is 1.90 bits per heavy atom. The van der Waals surface area contributed by atoms with Crippen molar-refractivity contribution in [2.45, 2.75) is 45.8 Å². The summed E-state index contributed by atoms with van der Waals surface area (Å²) in [5, 5.41) is 4.79. The lowest BCUT2D eigenvalue weighted by molar-refractivity contribution is -0.148. The van der Waals surface area contributed by atoms with E-state index in [1.807, 2.05) is 57.3 Å². The summed E-state index contributed by atoms with van der Waals surface area (Å²) in [6.45, 7) is 9.79. The van der Waals surface area contributed by atoms with E-state index >= 15 is 0 Å². The van der Waals surface area contributed by atoms with Crippen LogP contribution in [0.25, 0.3) is 0 Å². The number of esters is 1. The minimum atomic E-state index is -0.576. The quantitative estimate of drug-likeness (QED) is 0.662. The van der Waals surface area contributed by atoms with Crippen molar-refractivity contribution < 1.29 is 19.1 Å². The van der Waals surface area contributed by atoms with E-state index in [2.05, 4.69) is 22.3 Å². The number of carbonyl (C=O) groups excluding carboxylic acids is 2. The summed E-state index contributed by atoms with van der Waals surface area (Å²) in [4.78, 5) is 28.3. The van der Waals surface area contributed by atoms with Gasteiger partial charge in [-0.2, -0.15) is 0 Å². The van der Waals surface area contributed by atoms with Crippen LogP contribution in [0.3, 0.4) is 0 Å². The van der Waals surface area contributed by atoms with Crippen molar-refractivity contribution in [3.8, 4) is 0 Å². The van der Waals surface area contributed by atoms with Crippen LogP contribution in [-0.2, 0) is 20.8 Å². The Bertz CT molecular complexity index is 860. The number of nitrogens with one attached hydrogen (secondary N) is 1. The van der Waals surface area contributed by atoms with E-state index in [9.17, 15) is 9.59 Å². The van der Waals surface area contributed by atoms with Crippen LogP contribution in [0.4, 0.5) is 10.5 Å². The molecule has 1 fully saturated rings. The van der Waals surface area contributed by atoms with Crippen molar-refractivity contribution in [2.24, 2.45) is 5.92 Å². The Morgan fingerprint density at radius 3 is 2.57 bits per heavy atom. The minimum Gasteiger partial charge on any atom is -0.466 e. The average molecular weight is 431 g/mol. The van der Waals surface area contributed by atoms with Gasteiger partial charge in [0.05, 0.1) is 18.2 Å². The van der Waals surface area contributed by atoms with Crippen molar-refractivity contribution in [1.29, 1.82) is 0 Å². The highest BCUT2D eigenvalue weighted by atomic mass is 32.1. The first kappa shape index (κ1) is 22.3. The summed E-state index contributed by atoms with van der Waals surface area (Å²) in [7, 11) is 0. The fourth-order valence-corrected chi connectivity index (χ4v) is 4.75. The number of benzene rings is 1. The molecule has 0 aliphatic carbocycles. The summed E-state index contributed by atoms with van der Waals surface area (Å²) in [6.07, 6.45) is -0.492. The molecule has 1 saturated heterocycles. The second kappa shape index (κ2) is 9.62. The van der Waals surface area contributed by atoms with Gasteiger partial charge < -0.3 is 9.47 Å². The number of likely N-dealkylation sites (tertiary alicyclic amines) is 1. The van der Waals surface area contributed by atoms with E-state index in [-0.39, 0.29) is 17.8 Å². The lowest BCUT2D eigenvalue weighted by atomic mass is 9.94. The molecule has 6 nitrogen and oxygen atoms in total. The smallest absolute Gasteiger partial charge is 0.412 e. The Balaban J connectivity index is 1.79. The molecule has 0 saturated carbocycles. The molecular weight excluding hydrogens is 400 g/mol. The Kier molecular flexibility index (Phi) is 7.15. The van der Waals surface area contributed by atoms with Crippen LogP contribution in [0.5, 0.6) is 0 Å². The zero-order valence-corrected chi connectivity index (χ0v) is 18.8. The first-order valence-electron chi connectivity index (χ1n) is 10.3. The topological polar surface area (TPSA) is 67.9 Å². The summed E-state index contributed by atoms with van der Waals surface area (Å²) in [5.74, 6) is -0.501. The molecule has 7 heteroatoms. The molecule has 1 aliphatic rings. The summed E-state index contributed by atoms with van der Waals surface area (Å²) in [5.41, 5.74) is 1.34. The van der Waals surface area contributed by atoms with Crippen LogP contribution in [0, 0.1) is 5.92 Å². The van der Waals surface area contributed by atoms with E-state index in [4.69, 9.17) is 9.47 Å². The summed E-state index contributed by atoms with van der Waals surface area (Å²) in [6, 6.07) is 12.1. The highest BCUT2D eigenvalue weighted by Crippen LogP contribution is 2.41. The van der Waals surface area contributed by atoms with Crippen LogP contribution in [0.15, 0.2) is 41.8 Å². The zero-order valence-electron chi connectivity index (χ0n) is 18.0. The molecular formula is C23H30N2O4S. The molecule has 1 aromatic heterocycles. The predicted octanol–water partition coefficient (Wildman–Crippen LogP) is 4.87. The van der Waals surface area contributed by atoms with Gasteiger partial charge in [-0.25, -0.2) is 4.79 Å². The van der Waals surface area contributed by atoms with Gasteiger partial charge in [0.2, 0.25) is 0 Å². The minimum absolute atomic E-state index is 0.0438. The molecule has 2 heterocycles. The molecule has 1 aliphatic heterocycles. The molecule has 0 radical (unpaired) electrons. The Labute approximate surface area is 182 Å². The van der Waals surface area contributed by atoms with E-state index in [0.29, 0.717) is 18.8 Å². The van der Waals surface area contributed by atoms with Crippen LogP contribution < -0.4 is 5.32 Å². The van der Waals surface area contributed by atoms with Crippen molar-refractivity contribution in [2.75, 3.05) is 25.0 Å². The van der Waals surface area contributed by atoms with Gasteiger partial charge in [-0.05, 0) is 44.7 Å². The van der Waals surface area contributed by atoms with Crippen LogP contribution in [0.1, 0.15) is 44.1 Å². The van der Waals surface area contributed by atoms with Gasteiger partial charge >= 0.3 is 12.1 Å². The fourth-order valence-electron chi connectivity index (χ4n) is 3.73. The lowest BCUT2D eigenvalue weighted by Crippen LogP contribution is -2.28. The number of carbonyl (C=O) groups is 2. The van der Waals surface area contributed by atoms with Gasteiger partial charge in [-0.3, -0.25) is 15.0 Å². The highest BCUT2D eigenvalue weighted by molar-refractivity contribution is 7.10. The second-order valence-corrected chi connectivity index (χ2v) is 9.42. The third-order valence-corrected chi connectivity index (χ3v) is 5.95. The third kappa shape index (κ3) is 5.83. The SMILES string of the molecule is CCOC(=O)[C@@H]1CN(Cc2ccccc2)C[C@@H]1c1sccc1NC(=O)OC(C)(C)C. The van der Waals surface area contributed by atoms with Crippen LogP contribution in [-0.4, -0.2) is 42.3 Å². The molecule has 2 aromatic rings. The van der Waals surface area contributed by atoms with Crippen LogP contribution >= 0.6 is 11.3 Å². The highest BCUT2D eigenvalue weighted by Gasteiger charge is 2.41. The van der Waals surface area contributed by atoms with E-state index in [0.717, 1.165) is 18.0 Å². The maximum atomic E-state index is 12.7. The average Bonchev–Trinajstić information content (AvgIpc) is 3.27. The van der Waals surface area contributed by atoms with Crippen molar-refractivity contribution >= 4 is 29.1 Å². The molecule has 3 rings (SSSR count). The lowest BCUT2D eigenvalue weighted by Gasteiger charge is -2.21. The maximum Gasteiger partial charge on any atom is 0.412 e. The molecule has 0 spiro atoms. The number of thiophene rings is 1. The third-order valence-electron chi connectivity index (χ3n) is 4.90. The zero-order chi connectivity index (χ0) is 21.7. The molecule has 2 atom stereocenters. The molecule has 1 amide bonds. The van der Waals surface area contributed by atoms with Crippen LogP contribution in [0.2, 0.25) is 0 Å². The standard InChI is InChI=1S/C23H30N2O4S/c1-5-28-21(26)18-15-25(13-16-9-7-6-8-10-16)14-17(18)20-19(11-12-30-20)24-22(27)29-23(2,3)4/h6-12,17-18H,5,13-15H2,1-4H3,(H,24,27)/t17-,18+/m0/s1. The summed E-state index contributed by atoms with van der Waals surface area (Å²) < 4.78 is 10.8. The maximum absolute atomic E-state index is 12.7. The molecule has 30 heavy (non-hydrogen) atoms. The number of anilines is 1. The molecule has 0 bridgehead atoms. The van der Waals surface area contributed by atoms with Crippen molar-refractivity contribution in [3.63, 3.8) is 0 Å². The van der Waals surface area contributed by atoms with Gasteiger partial charge in [-0.1, -0.05) is 30.3 Å². The van der Waals surface area contributed by atoms with E-state index in [1.54, 1.807) is 11.3 Å². The second-order valence-electron chi connectivity index (χ2n) is 8.47. The number of amides is 1. The van der Waals surface area contributed by atoms with Gasteiger partial charge in [-0.15, -0.1) is 11.3 Å². The molecule has 162 valence electrons. The van der Waals surface area contributed by atoms with Gasteiger partial charge in [0.1, 0.15) is 5.60 Å². The van der Waals surface area contributed by atoms with Gasteiger partial charge in [0.15, 0.2) is 0 Å². The largest absolute Gasteiger partial charge is 0.466 e. The number of nitrogens with zero attached hydrogens (tertiary/aromatic N) is 1. The number of ether oxygens (including phenoxy) is 2. The van der Waals surface area contributed by atoms with Crippen molar-refractivity contribution in [1.82, 2.24) is 4.90 Å². The number of hydrogen-bond donors (Lipinski definition) is 1. The molecule has 1 N–H and O–H groups in total. The van der Waals surface area contributed by atoms with E-state index in [1.165, 1.54) is 5.56 Å². The number of hydrogen-bond acceptors (Lipinski definition) is 6. The normalized spacial score (nSPS) is 19.5. The van der Waals surface area contributed by atoms with Crippen molar-refractivity contribution in [3.05, 3.63) is 52.2 Å². The number of rotatable bonds is 6. The van der Waals surface area contributed by atoms with E-state index < -0.39 is 11.7 Å². The first-order chi connectivity index (χ1) is 14.3. The predicted molar refractivity (Wildman–Crippen MR) is 119 cm³/mol. The fraction of sp³-hybridized carbons (Fsp3) is 0.478. The molecule has 0 unspecified atom stereocenters. The molecule has 1 aromatic carbocycles. The van der Waals surface area contributed by atoms with Gasteiger partial charge in [0.25, 0.3) is 0 Å². The summed E-state index contributed by atoms with van der Waals surface area (Å²) >= 11 is 1.55.